The number of hydrogen-bond acceptors (Lipinski definition) is 3. The smallest absolute Gasteiger partial charge is 0.234 e. The highest BCUT2D eigenvalue weighted by molar-refractivity contribution is 5.78. The molecule has 0 heterocycles. The average molecular weight is 289 g/mol. The number of carbonyl (C=O) groups is 1. The molecule has 1 amide bonds. The van der Waals surface area contributed by atoms with Gasteiger partial charge in [-0.2, -0.15) is 0 Å². The quantitative estimate of drug-likeness (QED) is 0.758. The molecular weight excluding hydrogens is 262 g/mol. The molecule has 1 aliphatic carbocycles. The van der Waals surface area contributed by atoms with Crippen LogP contribution in [0.2, 0.25) is 0 Å². The number of carbonyl (C=O) groups excluding carboxylic acids is 1. The lowest BCUT2D eigenvalue weighted by molar-refractivity contribution is -0.123. The van der Waals surface area contributed by atoms with Crippen LogP contribution in [0.1, 0.15) is 39.2 Å². The fraction of sp³-hybridized carbons (Fsp3) is 0.588. The predicted molar refractivity (Wildman–Crippen MR) is 86.7 cm³/mol. The van der Waals surface area contributed by atoms with Crippen molar-refractivity contribution in [2.24, 2.45) is 5.92 Å². The van der Waals surface area contributed by atoms with Crippen molar-refractivity contribution in [1.82, 2.24) is 10.2 Å². The molecule has 21 heavy (non-hydrogen) atoms. The van der Waals surface area contributed by atoms with Crippen molar-refractivity contribution >= 4 is 11.6 Å². The fourth-order valence-electron chi connectivity index (χ4n) is 2.26. The van der Waals surface area contributed by atoms with E-state index in [1.165, 1.54) is 18.4 Å². The Morgan fingerprint density at radius 3 is 2.43 bits per heavy atom. The van der Waals surface area contributed by atoms with Crippen LogP contribution in [0.3, 0.4) is 0 Å². The van der Waals surface area contributed by atoms with Crippen LogP contribution in [-0.2, 0) is 11.3 Å². The zero-order valence-electron chi connectivity index (χ0n) is 13.3. The first-order chi connectivity index (χ1) is 9.95. The fourth-order valence-corrected chi connectivity index (χ4v) is 2.26. The topological polar surface area (TPSA) is 58.4 Å². The number of hydrogen-bond donors (Lipinski definition) is 2. The Balaban J connectivity index is 1.90. The van der Waals surface area contributed by atoms with Crippen molar-refractivity contribution in [2.45, 2.75) is 52.2 Å². The Bertz CT molecular complexity index is 465. The van der Waals surface area contributed by atoms with Gasteiger partial charge < -0.3 is 11.1 Å². The molecule has 0 bridgehead atoms. The molecule has 0 aromatic heterocycles. The van der Waals surface area contributed by atoms with E-state index in [-0.39, 0.29) is 11.9 Å². The molecule has 1 fully saturated rings. The lowest BCUT2D eigenvalue weighted by Crippen LogP contribution is -2.43. The summed E-state index contributed by atoms with van der Waals surface area (Å²) in [5, 5.41) is 3.09. The van der Waals surface area contributed by atoms with Crippen LogP contribution in [0, 0.1) is 5.92 Å². The van der Waals surface area contributed by atoms with Gasteiger partial charge in [-0.05, 0) is 43.4 Å². The molecule has 1 unspecified atom stereocenters. The van der Waals surface area contributed by atoms with E-state index in [4.69, 9.17) is 5.73 Å². The first-order valence-corrected chi connectivity index (χ1v) is 7.83. The molecule has 0 aliphatic heterocycles. The zero-order valence-corrected chi connectivity index (χ0v) is 13.3. The Hall–Kier alpha value is -1.55. The van der Waals surface area contributed by atoms with Crippen molar-refractivity contribution in [3.63, 3.8) is 0 Å². The van der Waals surface area contributed by atoms with Gasteiger partial charge in [0.25, 0.3) is 0 Å². The normalized spacial score (nSPS) is 16.2. The Kier molecular flexibility index (Phi) is 5.23. The minimum Gasteiger partial charge on any atom is -0.399 e. The molecule has 1 atom stereocenters. The number of nitrogens with zero attached hydrogens (tertiary/aromatic N) is 1. The molecular formula is C17H27N3O. The number of benzene rings is 1. The molecule has 1 aromatic rings. The zero-order chi connectivity index (χ0) is 15.4. The number of rotatable bonds is 7. The van der Waals surface area contributed by atoms with Gasteiger partial charge in [0.05, 0.1) is 6.54 Å². The van der Waals surface area contributed by atoms with Gasteiger partial charge in [-0.15, -0.1) is 0 Å². The second-order valence-corrected chi connectivity index (χ2v) is 6.48. The van der Waals surface area contributed by atoms with Crippen LogP contribution in [0.5, 0.6) is 0 Å². The van der Waals surface area contributed by atoms with E-state index in [1.807, 2.05) is 24.3 Å². The largest absolute Gasteiger partial charge is 0.399 e. The Labute approximate surface area is 127 Å². The Morgan fingerprint density at radius 2 is 1.90 bits per heavy atom. The minimum atomic E-state index is 0.124. The maximum atomic E-state index is 12.2. The molecule has 1 saturated carbocycles. The van der Waals surface area contributed by atoms with Gasteiger partial charge in [0, 0.05) is 24.3 Å². The standard InChI is InChI=1S/C17H27N3O/c1-12(2)13(3)19-17(21)11-20(16-8-9-16)10-14-4-6-15(18)7-5-14/h4-7,12-13,16H,8-11,18H2,1-3H3,(H,19,21). The van der Waals surface area contributed by atoms with Gasteiger partial charge >= 0.3 is 0 Å². The lowest BCUT2D eigenvalue weighted by Gasteiger charge is -2.24. The van der Waals surface area contributed by atoms with Gasteiger partial charge in [0.2, 0.25) is 5.91 Å². The maximum absolute atomic E-state index is 12.2. The number of nitrogen functional groups attached to an aromatic ring is 1. The third kappa shape index (κ3) is 5.05. The molecule has 4 heteroatoms. The molecule has 0 radical (unpaired) electrons. The van der Waals surface area contributed by atoms with Crippen LogP contribution in [0.15, 0.2) is 24.3 Å². The summed E-state index contributed by atoms with van der Waals surface area (Å²) in [6.07, 6.45) is 2.39. The highest BCUT2D eigenvalue weighted by Gasteiger charge is 2.30. The number of nitrogens with two attached hydrogens (primary N) is 1. The second-order valence-electron chi connectivity index (χ2n) is 6.48. The van der Waals surface area contributed by atoms with Crippen LogP contribution >= 0.6 is 0 Å². The summed E-state index contributed by atoms with van der Waals surface area (Å²) in [7, 11) is 0. The van der Waals surface area contributed by atoms with E-state index < -0.39 is 0 Å². The highest BCUT2D eigenvalue weighted by Crippen LogP contribution is 2.28. The number of anilines is 1. The van der Waals surface area contributed by atoms with Crippen molar-refractivity contribution in [3.05, 3.63) is 29.8 Å². The third-order valence-electron chi connectivity index (χ3n) is 4.16. The number of nitrogens with one attached hydrogen (secondary N) is 1. The second kappa shape index (κ2) is 6.94. The molecule has 0 saturated heterocycles. The molecule has 116 valence electrons. The van der Waals surface area contributed by atoms with Crippen molar-refractivity contribution in [1.29, 1.82) is 0 Å². The van der Waals surface area contributed by atoms with Gasteiger partial charge in [0.15, 0.2) is 0 Å². The molecule has 1 aliphatic rings. The Morgan fingerprint density at radius 1 is 1.29 bits per heavy atom. The van der Waals surface area contributed by atoms with Crippen LogP contribution in [0.4, 0.5) is 5.69 Å². The van der Waals surface area contributed by atoms with Gasteiger partial charge in [-0.25, -0.2) is 0 Å². The first kappa shape index (κ1) is 15.8. The highest BCUT2D eigenvalue weighted by atomic mass is 16.2. The summed E-state index contributed by atoms with van der Waals surface area (Å²) in [5.74, 6) is 0.582. The van der Waals surface area contributed by atoms with E-state index in [9.17, 15) is 4.79 Å². The number of amides is 1. The SMILES string of the molecule is CC(C)C(C)NC(=O)CN(Cc1ccc(N)cc1)C1CC1. The van der Waals surface area contributed by atoms with Crippen LogP contribution in [0.25, 0.3) is 0 Å². The molecule has 3 N–H and O–H groups in total. The molecule has 2 rings (SSSR count). The monoisotopic (exact) mass is 289 g/mol. The first-order valence-electron chi connectivity index (χ1n) is 7.83. The predicted octanol–water partition coefficient (Wildman–Crippen LogP) is 2.39. The maximum Gasteiger partial charge on any atom is 0.234 e. The van der Waals surface area contributed by atoms with E-state index >= 15 is 0 Å². The summed E-state index contributed by atoms with van der Waals surface area (Å²) >= 11 is 0. The van der Waals surface area contributed by atoms with Gasteiger partial charge in [-0.3, -0.25) is 9.69 Å². The average Bonchev–Trinajstić information content (AvgIpc) is 3.24. The lowest BCUT2D eigenvalue weighted by atomic mass is 10.1. The van der Waals surface area contributed by atoms with E-state index in [2.05, 4.69) is 31.0 Å². The van der Waals surface area contributed by atoms with E-state index in [1.54, 1.807) is 0 Å². The van der Waals surface area contributed by atoms with Crippen molar-refractivity contribution in [3.8, 4) is 0 Å². The van der Waals surface area contributed by atoms with Crippen molar-refractivity contribution < 1.29 is 4.79 Å². The van der Waals surface area contributed by atoms with E-state index in [0.29, 0.717) is 18.5 Å². The molecule has 0 spiro atoms. The van der Waals surface area contributed by atoms with Gasteiger partial charge in [-0.1, -0.05) is 26.0 Å². The minimum absolute atomic E-state index is 0.124. The van der Waals surface area contributed by atoms with Crippen LogP contribution in [-0.4, -0.2) is 29.4 Å². The summed E-state index contributed by atoms with van der Waals surface area (Å²) in [6.45, 7) is 7.60. The van der Waals surface area contributed by atoms with Crippen LogP contribution < -0.4 is 11.1 Å². The summed E-state index contributed by atoms with van der Waals surface area (Å²) in [4.78, 5) is 14.4. The summed E-state index contributed by atoms with van der Waals surface area (Å²) < 4.78 is 0. The summed E-state index contributed by atoms with van der Waals surface area (Å²) in [5.41, 5.74) is 7.70. The summed E-state index contributed by atoms with van der Waals surface area (Å²) in [6, 6.07) is 8.69. The van der Waals surface area contributed by atoms with E-state index in [0.717, 1.165) is 12.2 Å². The van der Waals surface area contributed by atoms with Crippen molar-refractivity contribution in [2.75, 3.05) is 12.3 Å². The van der Waals surface area contributed by atoms with Gasteiger partial charge in [0.1, 0.15) is 0 Å². The molecule has 1 aromatic carbocycles. The third-order valence-corrected chi connectivity index (χ3v) is 4.16. The molecule has 4 nitrogen and oxygen atoms in total.